The number of fused-ring (bicyclic) bond motifs is 1. The van der Waals surface area contributed by atoms with Gasteiger partial charge in [0.2, 0.25) is 0 Å². The van der Waals surface area contributed by atoms with Crippen molar-refractivity contribution in [3.8, 4) is 16.9 Å². The van der Waals surface area contributed by atoms with Gasteiger partial charge < -0.3 is 9.64 Å². The average Bonchev–Trinajstić information content (AvgIpc) is 3.21. The summed E-state index contributed by atoms with van der Waals surface area (Å²) in [5.41, 5.74) is 2.76. The molecule has 3 aromatic rings. The Bertz CT molecular complexity index is 1400. The number of carbonyl (C=O) groups excluding carboxylic acids is 1. The number of rotatable bonds is 5. The van der Waals surface area contributed by atoms with Gasteiger partial charge in [-0.3, -0.25) is 4.79 Å². The maximum atomic E-state index is 13.6. The summed E-state index contributed by atoms with van der Waals surface area (Å²) in [6.45, 7) is 1.13. The molecule has 4 rings (SSSR count). The van der Waals surface area contributed by atoms with Crippen LogP contribution in [0.5, 0.6) is 5.75 Å². The Morgan fingerprint density at radius 3 is 2.31 bits per heavy atom. The Morgan fingerprint density at radius 1 is 0.971 bits per heavy atom. The topological polar surface area (TPSA) is 63.7 Å². The summed E-state index contributed by atoms with van der Waals surface area (Å²) in [5.74, 6) is -1.40. The van der Waals surface area contributed by atoms with Crippen LogP contribution < -0.4 is 4.74 Å². The van der Waals surface area contributed by atoms with E-state index in [0.717, 1.165) is 48.1 Å². The first-order chi connectivity index (χ1) is 16.3. The normalized spacial score (nSPS) is 14.5. The zero-order chi connectivity index (χ0) is 25.5. The van der Waals surface area contributed by atoms with Crippen LogP contribution >= 0.6 is 0 Å². The van der Waals surface area contributed by atoms with Crippen molar-refractivity contribution in [3.05, 3.63) is 83.2 Å². The number of hydrogen-bond donors (Lipinski definition) is 0. The van der Waals surface area contributed by atoms with Crippen molar-refractivity contribution in [1.29, 1.82) is 0 Å². The molecule has 1 atom stereocenters. The minimum Gasteiger partial charge on any atom is -0.480 e. The predicted octanol–water partition coefficient (Wildman–Crippen LogP) is 5.38. The van der Waals surface area contributed by atoms with E-state index in [1.54, 1.807) is 24.3 Å². The van der Waals surface area contributed by atoms with Crippen molar-refractivity contribution < 1.29 is 35.5 Å². The summed E-state index contributed by atoms with van der Waals surface area (Å²) >= 11 is 0. The molecule has 0 N–H and O–H groups in total. The maximum absolute atomic E-state index is 13.6. The molecule has 10 heteroatoms. The van der Waals surface area contributed by atoms with Crippen LogP contribution in [-0.2, 0) is 22.9 Å². The summed E-state index contributed by atoms with van der Waals surface area (Å²) in [6.07, 6.45) is -5.94. The van der Waals surface area contributed by atoms with Crippen LogP contribution in [-0.4, -0.2) is 37.8 Å². The van der Waals surface area contributed by atoms with Gasteiger partial charge in [0, 0.05) is 19.3 Å². The summed E-state index contributed by atoms with van der Waals surface area (Å²) in [4.78, 5) is 14.6. The average molecular weight is 508 g/mol. The molecule has 0 aromatic heterocycles. The molecule has 0 spiro atoms. The van der Waals surface area contributed by atoms with E-state index in [4.69, 9.17) is 4.74 Å². The molecule has 0 saturated heterocycles. The fourth-order valence-electron chi connectivity index (χ4n) is 3.82. The molecule has 3 aromatic carbocycles. The number of alkyl halides is 3. The minimum absolute atomic E-state index is 0.148. The second-order valence-electron chi connectivity index (χ2n) is 8.39. The van der Waals surface area contributed by atoms with E-state index in [0.29, 0.717) is 5.56 Å². The first-order valence-corrected chi connectivity index (χ1v) is 12.5. The maximum Gasteiger partial charge on any atom is 0.425 e. The van der Waals surface area contributed by atoms with Crippen LogP contribution in [0.25, 0.3) is 11.1 Å². The molecule has 0 aliphatic carbocycles. The van der Waals surface area contributed by atoms with Gasteiger partial charge >= 0.3 is 6.18 Å². The highest BCUT2D eigenvalue weighted by Gasteiger charge is 2.39. The van der Waals surface area contributed by atoms with E-state index in [2.05, 4.69) is 0 Å². The monoisotopic (exact) mass is 507 g/mol. The molecule has 1 amide bonds. The fourth-order valence-corrected chi connectivity index (χ4v) is 4.47. The molecule has 184 valence electrons. The van der Waals surface area contributed by atoms with Crippen molar-refractivity contribution in [3.63, 3.8) is 0 Å². The van der Waals surface area contributed by atoms with Gasteiger partial charge in [-0.25, -0.2) is 12.8 Å². The Morgan fingerprint density at radius 2 is 1.66 bits per heavy atom. The first kappa shape index (κ1) is 24.7. The van der Waals surface area contributed by atoms with Crippen molar-refractivity contribution in [2.45, 2.75) is 37.2 Å². The lowest BCUT2D eigenvalue weighted by Crippen LogP contribution is -2.32. The SMILES string of the molecule is C[C@H](Oc1ccc(S(C)(=O)=O)cc1C(=O)N1Cc2ccc(-c3cccc(F)c3)cc2C1)C(F)(F)F. The second-order valence-corrected chi connectivity index (χ2v) is 10.4. The molecular formula is C25H21F4NO4S. The standard InChI is InChI=1S/C25H21F4NO4S/c1-15(25(27,28)29)34-23-9-8-21(35(2,32)33)12-22(23)24(31)30-13-18-7-6-17(10-19(18)14-30)16-4-3-5-20(26)11-16/h3-12,15H,13-14H2,1-2H3/t15-/m0/s1. The number of nitrogens with zero attached hydrogens (tertiary/aromatic N) is 1. The summed E-state index contributed by atoms with van der Waals surface area (Å²) in [7, 11) is -3.73. The van der Waals surface area contributed by atoms with Gasteiger partial charge in [0.1, 0.15) is 11.6 Å². The number of carbonyl (C=O) groups is 1. The van der Waals surface area contributed by atoms with Gasteiger partial charge in [-0.2, -0.15) is 13.2 Å². The van der Waals surface area contributed by atoms with Crippen LogP contribution in [0, 0.1) is 5.82 Å². The summed E-state index contributed by atoms with van der Waals surface area (Å²) < 4.78 is 81.9. The van der Waals surface area contributed by atoms with Gasteiger partial charge in [-0.1, -0.05) is 24.3 Å². The third-order valence-electron chi connectivity index (χ3n) is 5.75. The van der Waals surface area contributed by atoms with E-state index in [9.17, 15) is 30.8 Å². The number of amides is 1. The summed E-state index contributed by atoms with van der Waals surface area (Å²) in [5, 5.41) is 0. The van der Waals surface area contributed by atoms with Gasteiger partial charge in [-0.15, -0.1) is 0 Å². The van der Waals surface area contributed by atoms with Crippen LogP contribution in [0.4, 0.5) is 17.6 Å². The van der Waals surface area contributed by atoms with Crippen LogP contribution in [0.1, 0.15) is 28.4 Å². The van der Waals surface area contributed by atoms with Gasteiger partial charge in [-0.05, 0) is 65.6 Å². The molecule has 0 fully saturated rings. The molecule has 0 bridgehead atoms. The Hall–Kier alpha value is -3.40. The second kappa shape index (κ2) is 8.99. The molecule has 5 nitrogen and oxygen atoms in total. The van der Waals surface area contributed by atoms with Crippen molar-refractivity contribution in [2.75, 3.05) is 6.26 Å². The van der Waals surface area contributed by atoms with Gasteiger partial charge in [0.25, 0.3) is 5.91 Å². The lowest BCUT2D eigenvalue weighted by Gasteiger charge is -2.22. The molecule has 1 aliphatic rings. The fraction of sp³-hybridized carbons (Fsp3) is 0.240. The van der Waals surface area contributed by atoms with Crippen molar-refractivity contribution in [2.24, 2.45) is 0 Å². The molecule has 1 heterocycles. The number of halogens is 4. The smallest absolute Gasteiger partial charge is 0.425 e. The highest BCUT2D eigenvalue weighted by Crippen LogP contribution is 2.33. The predicted molar refractivity (Wildman–Crippen MR) is 121 cm³/mol. The Kier molecular flexibility index (Phi) is 6.35. The number of sulfone groups is 1. The first-order valence-electron chi connectivity index (χ1n) is 10.6. The summed E-state index contributed by atoms with van der Waals surface area (Å²) in [6, 6.07) is 14.7. The molecule has 0 radical (unpaired) electrons. The van der Waals surface area contributed by atoms with E-state index in [1.807, 2.05) is 6.07 Å². The van der Waals surface area contributed by atoms with Crippen LogP contribution in [0.2, 0.25) is 0 Å². The molecular weight excluding hydrogens is 486 g/mol. The zero-order valence-electron chi connectivity index (χ0n) is 18.8. The number of ether oxygens (including phenoxy) is 1. The van der Waals surface area contributed by atoms with Crippen LogP contribution in [0.15, 0.2) is 65.6 Å². The largest absolute Gasteiger partial charge is 0.480 e. The zero-order valence-corrected chi connectivity index (χ0v) is 19.6. The quantitative estimate of drug-likeness (QED) is 0.435. The van der Waals surface area contributed by atoms with E-state index in [1.165, 1.54) is 17.0 Å². The van der Waals surface area contributed by atoms with E-state index < -0.39 is 28.0 Å². The Balaban J connectivity index is 1.65. The lowest BCUT2D eigenvalue weighted by atomic mass is 10.0. The molecule has 0 unspecified atom stereocenters. The highest BCUT2D eigenvalue weighted by molar-refractivity contribution is 7.90. The molecule has 35 heavy (non-hydrogen) atoms. The third kappa shape index (κ3) is 5.32. The van der Waals surface area contributed by atoms with Gasteiger partial charge in [0.15, 0.2) is 15.9 Å². The van der Waals surface area contributed by atoms with E-state index in [-0.39, 0.29) is 35.1 Å². The minimum atomic E-state index is -4.67. The van der Waals surface area contributed by atoms with Crippen molar-refractivity contribution >= 4 is 15.7 Å². The Labute approximate surface area is 199 Å². The molecule has 1 aliphatic heterocycles. The van der Waals surface area contributed by atoms with Gasteiger partial charge in [0.05, 0.1) is 10.5 Å². The number of benzene rings is 3. The van der Waals surface area contributed by atoms with Crippen LogP contribution in [0.3, 0.4) is 0 Å². The third-order valence-corrected chi connectivity index (χ3v) is 6.86. The number of hydrogen-bond acceptors (Lipinski definition) is 4. The molecule has 0 saturated carbocycles. The van der Waals surface area contributed by atoms with Crippen molar-refractivity contribution in [1.82, 2.24) is 4.90 Å². The highest BCUT2D eigenvalue weighted by atomic mass is 32.2. The lowest BCUT2D eigenvalue weighted by molar-refractivity contribution is -0.189. The van der Waals surface area contributed by atoms with E-state index >= 15 is 0 Å².